The van der Waals surface area contributed by atoms with Crippen LogP contribution in [0.4, 0.5) is 5.69 Å². The Morgan fingerprint density at radius 3 is 2.64 bits per heavy atom. The highest BCUT2D eigenvalue weighted by molar-refractivity contribution is 5.90. The molecule has 0 saturated carbocycles. The van der Waals surface area contributed by atoms with Crippen LogP contribution in [0.3, 0.4) is 0 Å². The Labute approximate surface area is 128 Å². The van der Waals surface area contributed by atoms with Crippen molar-refractivity contribution in [1.82, 2.24) is 14.1 Å². The molecule has 2 aromatic rings. The topological polar surface area (TPSA) is 78.2 Å². The summed E-state index contributed by atoms with van der Waals surface area (Å²) in [4.78, 5) is 28.8. The van der Waals surface area contributed by atoms with Gasteiger partial charge in [0.05, 0.1) is 5.69 Å². The second-order valence-corrected chi connectivity index (χ2v) is 5.19. The maximum Gasteiger partial charge on any atom is 0.332 e. The van der Waals surface area contributed by atoms with Gasteiger partial charge in [-0.2, -0.15) is 0 Å². The highest BCUT2D eigenvalue weighted by atomic mass is 16.5. The molecule has 0 radical (unpaired) electrons. The van der Waals surface area contributed by atoms with Gasteiger partial charge < -0.3 is 10.1 Å². The van der Waals surface area contributed by atoms with E-state index in [1.54, 1.807) is 20.4 Å². The monoisotopic (exact) mass is 306 g/mol. The SMILES string of the molecule is CCc1cnc2c(c1NCCCOC)c(=O)n(C)c(=O)n2C. The second-order valence-electron chi connectivity index (χ2n) is 5.19. The Kier molecular flexibility index (Phi) is 4.97. The van der Waals surface area contributed by atoms with Gasteiger partial charge >= 0.3 is 5.69 Å². The fourth-order valence-electron chi connectivity index (χ4n) is 2.47. The second kappa shape index (κ2) is 6.74. The van der Waals surface area contributed by atoms with Crippen LogP contribution in [-0.2, 0) is 25.3 Å². The molecular formula is C15H22N4O3. The van der Waals surface area contributed by atoms with Crippen molar-refractivity contribution in [3.8, 4) is 0 Å². The molecule has 7 nitrogen and oxygen atoms in total. The smallest absolute Gasteiger partial charge is 0.332 e. The molecule has 0 aliphatic heterocycles. The van der Waals surface area contributed by atoms with Crippen LogP contribution in [0.15, 0.2) is 15.8 Å². The lowest BCUT2D eigenvalue weighted by Gasteiger charge is -2.15. The third kappa shape index (κ3) is 2.76. The van der Waals surface area contributed by atoms with Gasteiger partial charge in [0.1, 0.15) is 5.39 Å². The average molecular weight is 306 g/mol. The van der Waals surface area contributed by atoms with Gasteiger partial charge in [0, 0.05) is 40.6 Å². The Balaban J connectivity index is 2.65. The molecule has 120 valence electrons. The molecule has 2 rings (SSSR count). The molecule has 0 atom stereocenters. The third-order valence-corrected chi connectivity index (χ3v) is 3.76. The van der Waals surface area contributed by atoms with Gasteiger partial charge in [-0.05, 0) is 18.4 Å². The first-order valence-corrected chi connectivity index (χ1v) is 7.33. The van der Waals surface area contributed by atoms with Gasteiger partial charge in [-0.1, -0.05) is 6.92 Å². The van der Waals surface area contributed by atoms with Gasteiger partial charge in [0.15, 0.2) is 5.65 Å². The number of nitrogens with zero attached hydrogens (tertiary/aromatic N) is 3. The normalized spacial score (nSPS) is 11.1. The van der Waals surface area contributed by atoms with E-state index in [9.17, 15) is 9.59 Å². The predicted molar refractivity (Wildman–Crippen MR) is 86.6 cm³/mol. The van der Waals surface area contributed by atoms with Gasteiger partial charge in [-0.3, -0.25) is 13.9 Å². The van der Waals surface area contributed by atoms with Crippen molar-refractivity contribution in [2.45, 2.75) is 19.8 Å². The Morgan fingerprint density at radius 1 is 1.27 bits per heavy atom. The molecule has 2 aromatic heterocycles. The van der Waals surface area contributed by atoms with Crippen molar-refractivity contribution in [2.75, 3.05) is 25.6 Å². The van der Waals surface area contributed by atoms with Gasteiger partial charge in [-0.15, -0.1) is 0 Å². The van der Waals surface area contributed by atoms with Crippen LogP contribution < -0.4 is 16.6 Å². The lowest BCUT2D eigenvalue weighted by atomic mass is 10.1. The molecule has 22 heavy (non-hydrogen) atoms. The lowest BCUT2D eigenvalue weighted by Crippen LogP contribution is -2.37. The molecule has 1 N–H and O–H groups in total. The molecule has 0 aliphatic rings. The molecular weight excluding hydrogens is 284 g/mol. The van der Waals surface area contributed by atoms with Crippen LogP contribution in [0.1, 0.15) is 18.9 Å². The average Bonchev–Trinajstić information content (AvgIpc) is 2.54. The molecule has 0 fully saturated rings. The third-order valence-electron chi connectivity index (χ3n) is 3.76. The van der Waals surface area contributed by atoms with Crippen LogP contribution in [-0.4, -0.2) is 34.4 Å². The Bertz CT molecular complexity index is 792. The molecule has 2 heterocycles. The van der Waals surface area contributed by atoms with Crippen LogP contribution in [0.25, 0.3) is 11.0 Å². The van der Waals surface area contributed by atoms with E-state index in [0.717, 1.165) is 28.7 Å². The quantitative estimate of drug-likeness (QED) is 0.793. The van der Waals surface area contributed by atoms with E-state index < -0.39 is 0 Å². The zero-order valence-electron chi connectivity index (χ0n) is 13.5. The van der Waals surface area contributed by atoms with Crippen LogP contribution in [0.2, 0.25) is 0 Å². The Hall–Kier alpha value is -2.15. The van der Waals surface area contributed by atoms with E-state index in [-0.39, 0.29) is 11.2 Å². The molecule has 0 bridgehead atoms. The summed E-state index contributed by atoms with van der Waals surface area (Å²) in [5.41, 5.74) is 1.43. The summed E-state index contributed by atoms with van der Waals surface area (Å²) in [5.74, 6) is 0. The first-order chi connectivity index (χ1) is 10.5. The van der Waals surface area contributed by atoms with E-state index >= 15 is 0 Å². The van der Waals surface area contributed by atoms with Crippen molar-refractivity contribution in [3.05, 3.63) is 32.6 Å². The summed E-state index contributed by atoms with van der Waals surface area (Å²) in [6.07, 6.45) is 3.30. The molecule has 0 spiro atoms. The fraction of sp³-hybridized carbons (Fsp3) is 0.533. The number of rotatable bonds is 6. The number of hydrogen-bond acceptors (Lipinski definition) is 5. The van der Waals surface area contributed by atoms with E-state index in [0.29, 0.717) is 24.2 Å². The molecule has 0 aromatic carbocycles. The molecule has 0 amide bonds. The van der Waals surface area contributed by atoms with Crippen molar-refractivity contribution < 1.29 is 4.74 Å². The number of hydrogen-bond donors (Lipinski definition) is 1. The zero-order valence-corrected chi connectivity index (χ0v) is 13.5. The van der Waals surface area contributed by atoms with E-state index in [1.165, 1.54) is 11.6 Å². The maximum atomic E-state index is 12.5. The number of pyridine rings is 1. The van der Waals surface area contributed by atoms with Gasteiger partial charge in [0.25, 0.3) is 5.56 Å². The minimum atomic E-state index is -0.375. The minimum Gasteiger partial charge on any atom is -0.385 e. The summed E-state index contributed by atoms with van der Waals surface area (Å²) < 4.78 is 7.55. The van der Waals surface area contributed by atoms with Crippen LogP contribution in [0, 0.1) is 0 Å². The highest BCUT2D eigenvalue weighted by Crippen LogP contribution is 2.22. The number of aromatic nitrogens is 3. The van der Waals surface area contributed by atoms with Crippen LogP contribution in [0.5, 0.6) is 0 Å². The number of ether oxygens (including phenoxy) is 1. The number of fused-ring (bicyclic) bond motifs is 1. The van der Waals surface area contributed by atoms with Gasteiger partial charge in [-0.25, -0.2) is 9.78 Å². The summed E-state index contributed by atoms with van der Waals surface area (Å²) in [6.45, 7) is 3.34. The summed E-state index contributed by atoms with van der Waals surface area (Å²) >= 11 is 0. The van der Waals surface area contributed by atoms with Crippen LogP contribution >= 0.6 is 0 Å². The summed E-state index contributed by atoms with van der Waals surface area (Å²) in [6, 6.07) is 0. The lowest BCUT2D eigenvalue weighted by molar-refractivity contribution is 0.198. The first-order valence-electron chi connectivity index (χ1n) is 7.33. The van der Waals surface area contributed by atoms with Crippen molar-refractivity contribution in [3.63, 3.8) is 0 Å². The van der Waals surface area contributed by atoms with E-state index in [1.807, 2.05) is 6.92 Å². The summed E-state index contributed by atoms with van der Waals surface area (Å²) in [7, 11) is 4.76. The number of aryl methyl sites for hydroxylation is 2. The number of anilines is 1. The predicted octanol–water partition coefficient (Wildman–Crippen LogP) is 0.643. The van der Waals surface area contributed by atoms with E-state index in [4.69, 9.17) is 4.74 Å². The largest absolute Gasteiger partial charge is 0.385 e. The summed E-state index contributed by atoms with van der Waals surface area (Å²) in [5, 5.41) is 3.77. The van der Waals surface area contributed by atoms with Gasteiger partial charge in [0.2, 0.25) is 0 Å². The van der Waals surface area contributed by atoms with Crippen molar-refractivity contribution in [2.24, 2.45) is 14.1 Å². The zero-order chi connectivity index (χ0) is 16.3. The molecule has 7 heteroatoms. The Morgan fingerprint density at radius 2 is 2.00 bits per heavy atom. The number of methoxy groups -OCH3 is 1. The highest BCUT2D eigenvalue weighted by Gasteiger charge is 2.16. The standard InChI is InChI=1S/C15H22N4O3/c1-5-10-9-17-13-11(12(10)16-7-6-8-22-4)14(20)19(3)15(21)18(13)2/h9H,5-8H2,1-4H3,(H,16,17). The maximum absolute atomic E-state index is 12.5. The van der Waals surface area contributed by atoms with Crippen molar-refractivity contribution >= 4 is 16.7 Å². The van der Waals surface area contributed by atoms with E-state index in [2.05, 4.69) is 10.3 Å². The molecule has 0 unspecified atom stereocenters. The fourth-order valence-corrected chi connectivity index (χ4v) is 2.47. The minimum absolute atomic E-state index is 0.324. The molecule has 0 saturated heterocycles. The molecule has 0 aliphatic carbocycles. The first kappa shape index (κ1) is 16.2. The van der Waals surface area contributed by atoms with Crippen molar-refractivity contribution in [1.29, 1.82) is 0 Å². The number of nitrogens with one attached hydrogen (secondary N) is 1.